The molecule has 0 bridgehead atoms. The number of thiazole rings is 1. The molecule has 0 radical (unpaired) electrons. The van der Waals surface area contributed by atoms with Crippen LogP contribution in [-0.4, -0.2) is 50.3 Å². The highest BCUT2D eigenvalue weighted by Gasteiger charge is 2.24. The molecule has 0 spiro atoms. The Labute approximate surface area is 173 Å². The number of nitrogens with one attached hydrogen (secondary N) is 1. The molecule has 1 aliphatic heterocycles. The number of carbonyl (C=O) groups is 1. The predicted octanol–water partition coefficient (Wildman–Crippen LogP) is 2.82. The van der Waals surface area contributed by atoms with Crippen molar-refractivity contribution >= 4 is 44.2 Å². The molecule has 1 fully saturated rings. The second-order valence-corrected chi connectivity index (χ2v) is 8.49. The maximum absolute atomic E-state index is 13.3. The zero-order valence-corrected chi connectivity index (χ0v) is 17.4. The molecule has 5 nitrogen and oxygen atoms in total. The second kappa shape index (κ2) is 8.57. The number of hydrogen-bond acceptors (Lipinski definition) is 4. The van der Waals surface area contributed by atoms with Crippen molar-refractivity contribution in [1.82, 2.24) is 4.98 Å². The summed E-state index contributed by atoms with van der Waals surface area (Å²) in [5.74, 6) is -0.0416. The number of aromatic nitrogens is 1. The van der Waals surface area contributed by atoms with Gasteiger partial charge >= 0.3 is 0 Å². The van der Waals surface area contributed by atoms with E-state index in [1.54, 1.807) is 35.6 Å². The van der Waals surface area contributed by atoms with Crippen molar-refractivity contribution in [3.63, 3.8) is 0 Å². The van der Waals surface area contributed by atoms with Gasteiger partial charge in [-0.15, -0.1) is 0 Å². The minimum absolute atomic E-state index is 0.0416. The molecule has 7 heteroatoms. The van der Waals surface area contributed by atoms with Gasteiger partial charge in [0.25, 0.3) is 5.91 Å². The van der Waals surface area contributed by atoms with Crippen LogP contribution in [0, 0.1) is 6.92 Å². The first-order chi connectivity index (χ1) is 13.6. The molecule has 0 saturated carbocycles. The smallest absolute Gasteiger partial charge is 0.260 e. The fourth-order valence-corrected chi connectivity index (χ4v) is 4.56. The van der Waals surface area contributed by atoms with E-state index in [0.29, 0.717) is 17.1 Å². The highest BCUT2D eigenvalue weighted by Crippen LogP contribution is 2.30. The molecule has 2 heterocycles. The number of anilines is 1. The number of benzene rings is 2. The fourth-order valence-electron chi connectivity index (χ4n) is 3.35. The third-order valence-corrected chi connectivity index (χ3v) is 6.28. The van der Waals surface area contributed by atoms with Gasteiger partial charge in [-0.05, 0) is 48.9 Å². The van der Waals surface area contributed by atoms with E-state index in [-0.39, 0.29) is 5.91 Å². The number of aryl methyl sites for hydroxylation is 1. The van der Waals surface area contributed by atoms with Crippen LogP contribution in [0.1, 0.15) is 15.9 Å². The van der Waals surface area contributed by atoms with Crippen molar-refractivity contribution in [2.75, 3.05) is 44.3 Å². The Hall–Kier alpha value is -1.99. The van der Waals surface area contributed by atoms with Crippen LogP contribution in [0.15, 0.2) is 42.5 Å². The van der Waals surface area contributed by atoms with Gasteiger partial charge in [-0.3, -0.25) is 9.69 Å². The molecule has 0 aliphatic carbocycles. The quantitative estimate of drug-likeness (QED) is 0.695. The number of rotatable bonds is 5. The lowest BCUT2D eigenvalue weighted by molar-refractivity contribution is -0.906. The van der Waals surface area contributed by atoms with E-state index >= 15 is 0 Å². The summed E-state index contributed by atoms with van der Waals surface area (Å²) < 4.78 is 6.55. The van der Waals surface area contributed by atoms with Gasteiger partial charge in [0.05, 0.1) is 36.5 Å². The normalized spacial score (nSPS) is 15.1. The van der Waals surface area contributed by atoms with Crippen LogP contribution in [0.2, 0.25) is 5.02 Å². The van der Waals surface area contributed by atoms with Gasteiger partial charge in [0.15, 0.2) is 5.13 Å². The SMILES string of the molecule is Cc1ccc2nc(N(CC[NH+]3CCOCC3)C(=O)c3ccc(Cl)cc3)sc2c1. The van der Waals surface area contributed by atoms with Gasteiger partial charge in [0.2, 0.25) is 0 Å². The van der Waals surface area contributed by atoms with Crippen LogP contribution in [0.3, 0.4) is 0 Å². The summed E-state index contributed by atoms with van der Waals surface area (Å²) in [5, 5.41) is 1.37. The Morgan fingerprint density at radius 3 is 2.71 bits per heavy atom. The summed E-state index contributed by atoms with van der Waals surface area (Å²) in [5.41, 5.74) is 2.74. The van der Waals surface area contributed by atoms with Crippen molar-refractivity contribution in [2.24, 2.45) is 0 Å². The van der Waals surface area contributed by atoms with E-state index in [0.717, 1.165) is 48.2 Å². The van der Waals surface area contributed by atoms with Gasteiger partial charge in [-0.1, -0.05) is 29.0 Å². The Morgan fingerprint density at radius 1 is 1.21 bits per heavy atom. The number of nitrogens with zero attached hydrogens (tertiary/aromatic N) is 2. The topological polar surface area (TPSA) is 46.9 Å². The van der Waals surface area contributed by atoms with Crippen LogP contribution in [0.5, 0.6) is 0 Å². The van der Waals surface area contributed by atoms with Crippen molar-refractivity contribution in [3.05, 3.63) is 58.6 Å². The largest absolute Gasteiger partial charge is 0.370 e. The van der Waals surface area contributed by atoms with Gasteiger partial charge in [-0.25, -0.2) is 4.98 Å². The van der Waals surface area contributed by atoms with Crippen LogP contribution >= 0.6 is 22.9 Å². The highest BCUT2D eigenvalue weighted by atomic mass is 35.5. The molecule has 1 saturated heterocycles. The molecular weight excluding hydrogens is 394 g/mol. The lowest BCUT2D eigenvalue weighted by Crippen LogP contribution is -3.14. The van der Waals surface area contributed by atoms with E-state index in [4.69, 9.17) is 21.3 Å². The van der Waals surface area contributed by atoms with Crippen molar-refractivity contribution in [1.29, 1.82) is 0 Å². The van der Waals surface area contributed by atoms with Gasteiger partial charge < -0.3 is 9.64 Å². The van der Waals surface area contributed by atoms with Crippen molar-refractivity contribution in [2.45, 2.75) is 6.92 Å². The lowest BCUT2D eigenvalue weighted by atomic mass is 10.2. The summed E-state index contributed by atoms with van der Waals surface area (Å²) in [7, 11) is 0. The Balaban J connectivity index is 1.62. The van der Waals surface area contributed by atoms with Crippen LogP contribution in [-0.2, 0) is 4.74 Å². The van der Waals surface area contributed by atoms with Crippen LogP contribution in [0.4, 0.5) is 5.13 Å². The average Bonchev–Trinajstić information content (AvgIpc) is 3.12. The number of carbonyl (C=O) groups excluding carboxylic acids is 1. The number of fused-ring (bicyclic) bond motifs is 1. The summed E-state index contributed by atoms with van der Waals surface area (Å²) in [6, 6.07) is 13.2. The number of morpholine rings is 1. The lowest BCUT2D eigenvalue weighted by Gasteiger charge is -2.27. The van der Waals surface area contributed by atoms with Crippen LogP contribution in [0.25, 0.3) is 10.2 Å². The molecule has 4 rings (SSSR count). The Morgan fingerprint density at radius 2 is 1.96 bits per heavy atom. The molecule has 28 heavy (non-hydrogen) atoms. The molecule has 0 unspecified atom stereocenters. The Bertz CT molecular complexity index is 967. The number of halogens is 1. The minimum Gasteiger partial charge on any atom is -0.370 e. The monoisotopic (exact) mass is 416 g/mol. The minimum atomic E-state index is -0.0416. The molecule has 1 aromatic heterocycles. The maximum Gasteiger partial charge on any atom is 0.260 e. The van der Waals surface area contributed by atoms with E-state index in [9.17, 15) is 4.79 Å². The molecular formula is C21H23ClN3O2S+. The molecule has 1 aliphatic rings. The number of quaternary nitrogens is 1. The first kappa shape index (κ1) is 19.3. The highest BCUT2D eigenvalue weighted by molar-refractivity contribution is 7.22. The van der Waals surface area contributed by atoms with Gasteiger partial charge in [0.1, 0.15) is 13.1 Å². The van der Waals surface area contributed by atoms with Crippen molar-refractivity contribution < 1.29 is 14.4 Å². The van der Waals surface area contributed by atoms with E-state index < -0.39 is 0 Å². The first-order valence-corrected chi connectivity index (χ1v) is 10.7. The number of amides is 1. The average molecular weight is 417 g/mol. The molecule has 1 amide bonds. The van der Waals surface area contributed by atoms with E-state index in [1.807, 2.05) is 11.0 Å². The summed E-state index contributed by atoms with van der Waals surface area (Å²) in [4.78, 5) is 21.3. The number of hydrogen-bond donors (Lipinski definition) is 1. The third-order valence-electron chi connectivity index (χ3n) is 4.99. The molecule has 1 N–H and O–H groups in total. The zero-order valence-electron chi connectivity index (χ0n) is 15.8. The number of ether oxygens (including phenoxy) is 1. The van der Waals surface area contributed by atoms with Crippen LogP contribution < -0.4 is 9.80 Å². The summed E-state index contributed by atoms with van der Waals surface area (Å²) >= 11 is 7.56. The van der Waals surface area contributed by atoms with Crippen molar-refractivity contribution in [3.8, 4) is 0 Å². The third kappa shape index (κ3) is 4.36. The molecule has 146 valence electrons. The maximum atomic E-state index is 13.3. The standard InChI is InChI=1S/C21H22ClN3O2S/c1-15-2-7-18-19(14-15)28-21(23-18)25(9-8-24-10-12-27-13-11-24)20(26)16-3-5-17(22)6-4-16/h2-7,14H,8-13H2,1H3/p+1. The van der Waals surface area contributed by atoms with E-state index in [2.05, 4.69) is 19.1 Å². The summed E-state index contributed by atoms with van der Waals surface area (Å²) in [6.07, 6.45) is 0. The fraction of sp³-hybridized carbons (Fsp3) is 0.333. The van der Waals surface area contributed by atoms with Gasteiger partial charge in [0, 0.05) is 10.6 Å². The molecule has 0 atom stereocenters. The first-order valence-electron chi connectivity index (χ1n) is 9.46. The van der Waals surface area contributed by atoms with E-state index in [1.165, 1.54) is 10.5 Å². The Kier molecular flexibility index (Phi) is 5.92. The molecule has 2 aromatic carbocycles. The molecule has 3 aromatic rings. The predicted molar refractivity (Wildman–Crippen MR) is 114 cm³/mol. The van der Waals surface area contributed by atoms with Gasteiger partial charge in [-0.2, -0.15) is 0 Å². The second-order valence-electron chi connectivity index (χ2n) is 7.04. The summed E-state index contributed by atoms with van der Waals surface area (Å²) in [6.45, 7) is 7.07. The zero-order chi connectivity index (χ0) is 19.5.